The van der Waals surface area contributed by atoms with E-state index in [1.54, 1.807) is 30.3 Å². The van der Waals surface area contributed by atoms with E-state index in [1.807, 2.05) is 54.6 Å². The molecule has 3 aromatic rings. The summed E-state index contributed by atoms with van der Waals surface area (Å²) < 4.78 is 5.33. The second-order valence-electron chi connectivity index (χ2n) is 13.0. The van der Waals surface area contributed by atoms with Crippen LogP contribution in [0.15, 0.2) is 96.6 Å². The zero-order chi connectivity index (χ0) is 33.7. The lowest BCUT2D eigenvalue weighted by molar-refractivity contribution is -0.142. The molecule has 6 atom stereocenters. The minimum absolute atomic E-state index is 0.00446. The van der Waals surface area contributed by atoms with E-state index in [0.29, 0.717) is 22.3 Å². The van der Waals surface area contributed by atoms with Crippen LogP contribution in [0.25, 0.3) is 5.57 Å². The van der Waals surface area contributed by atoms with Crippen LogP contribution < -0.4 is 4.74 Å². The van der Waals surface area contributed by atoms with Gasteiger partial charge in [-0.05, 0) is 60.1 Å². The minimum atomic E-state index is -1.40. The van der Waals surface area contributed by atoms with Gasteiger partial charge in [0.25, 0.3) is 0 Å². The Hall–Kier alpha value is -5.31. The monoisotopic (exact) mass is 645 g/mol. The number of methoxy groups -OCH3 is 1. The lowest BCUT2D eigenvalue weighted by Crippen LogP contribution is -2.58. The van der Waals surface area contributed by atoms with Crippen molar-refractivity contribution in [3.05, 3.63) is 113 Å². The van der Waals surface area contributed by atoms with Crippen molar-refractivity contribution in [2.75, 3.05) is 13.7 Å². The zero-order valence-corrected chi connectivity index (χ0v) is 26.4. The van der Waals surface area contributed by atoms with E-state index in [1.165, 1.54) is 18.1 Å². The Balaban J connectivity index is 1.44. The molecule has 3 aliphatic carbocycles. The number of carbonyl (C=O) groups is 5. The molecule has 0 aromatic heterocycles. The molecule has 1 heterocycles. The summed E-state index contributed by atoms with van der Waals surface area (Å²) in [6.07, 6.45) is 3.81. The van der Waals surface area contributed by atoms with Gasteiger partial charge in [-0.25, -0.2) is 0 Å². The fourth-order valence-corrected chi connectivity index (χ4v) is 8.81. The standard InChI is InChI=1S/C39H35NO8/c1-48-31-17-14-23(19-30(31)41)35-25-15-16-26-34(38(47)40(37(26)46)18-8-13-33(43)44)28(25)20-29-36(45)27(22-9-4-2-5-10-22)21-32(42)39(29,35)24-11-6-3-7-12-24/h2-7,9-12,14-15,17,19,21,26,28-29,34-35,41H,8,13,16,18,20H2,1H3,(H,43,44)/t26-,28+,29-,34-,35-,39-/m0/s1. The van der Waals surface area contributed by atoms with Gasteiger partial charge in [0.05, 0.1) is 24.4 Å². The number of phenolic OH excluding ortho intramolecular Hbond substituents is 1. The van der Waals surface area contributed by atoms with Gasteiger partial charge in [-0.15, -0.1) is 0 Å². The zero-order valence-electron chi connectivity index (χ0n) is 26.4. The number of carboxylic acids is 1. The van der Waals surface area contributed by atoms with E-state index in [9.17, 15) is 29.1 Å². The van der Waals surface area contributed by atoms with Gasteiger partial charge in [0.1, 0.15) is 0 Å². The SMILES string of the molecule is COc1ccc([C@H]2C3=CC[C@@H]4C(=O)N(CCCC(=O)O)C(=O)[C@@H]4[C@@H]3C[C@H]3C(=O)C(c4ccccc4)=CC(=O)[C@@]23c2ccccc2)cc1O. The molecular weight excluding hydrogens is 610 g/mol. The molecule has 7 rings (SSSR count). The number of carbonyl (C=O) groups excluding carboxylic acids is 4. The molecule has 1 saturated heterocycles. The maximum atomic E-state index is 15.0. The van der Waals surface area contributed by atoms with Crippen LogP contribution in [-0.2, 0) is 29.4 Å². The molecule has 4 aliphatic rings. The minimum Gasteiger partial charge on any atom is -0.504 e. The largest absolute Gasteiger partial charge is 0.504 e. The van der Waals surface area contributed by atoms with Gasteiger partial charge in [0.2, 0.25) is 11.8 Å². The lowest BCUT2D eigenvalue weighted by atomic mass is 9.44. The lowest BCUT2D eigenvalue weighted by Gasteiger charge is -2.55. The number of amides is 2. The fraction of sp³-hybridized carbons (Fsp3) is 0.308. The van der Waals surface area contributed by atoms with Gasteiger partial charge < -0.3 is 14.9 Å². The summed E-state index contributed by atoms with van der Waals surface area (Å²) in [6, 6.07) is 23.3. The Bertz CT molecular complexity index is 1900. The van der Waals surface area contributed by atoms with E-state index in [0.717, 1.165) is 5.57 Å². The number of phenols is 1. The number of rotatable bonds is 8. The van der Waals surface area contributed by atoms with Crippen molar-refractivity contribution in [3.63, 3.8) is 0 Å². The molecule has 48 heavy (non-hydrogen) atoms. The summed E-state index contributed by atoms with van der Waals surface area (Å²) in [5, 5.41) is 20.2. The average molecular weight is 646 g/mol. The van der Waals surface area contributed by atoms with Crippen LogP contribution in [-0.4, -0.2) is 58.1 Å². The normalized spacial score (nSPS) is 27.9. The van der Waals surface area contributed by atoms with E-state index in [2.05, 4.69) is 0 Å². The predicted octanol–water partition coefficient (Wildman–Crippen LogP) is 5.09. The van der Waals surface area contributed by atoms with Gasteiger partial charge in [0, 0.05) is 30.4 Å². The number of ether oxygens (including phenoxy) is 1. The first-order valence-corrected chi connectivity index (χ1v) is 16.2. The number of Topliss-reactive ketones (excluding diaryl/α,β-unsaturated/α-hetero) is 1. The second-order valence-corrected chi connectivity index (χ2v) is 13.0. The highest BCUT2D eigenvalue weighted by molar-refractivity contribution is 6.31. The molecule has 2 fully saturated rings. The molecule has 1 saturated carbocycles. The number of aromatic hydroxyl groups is 1. The number of ketones is 2. The molecule has 1 aliphatic heterocycles. The number of nitrogens with zero attached hydrogens (tertiary/aromatic N) is 1. The second kappa shape index (κ2) is 12.0. The third-order valence-electron chi connectivity index (χ3n) is 10.8. The van der Waals surface area contributed by atoms with Crippen molar-refractivity contribution >= 4 is 34.9 Å². The molecule has 0 radical (unpaired) electrons. The summed E-state index contributed by atoms with van der Waals surface area (Å²) in [7, 11) is 1.45. The summed E-state index contributed by atoms with van der Waals surface area (Å²) >= 11 is 0. The van der Waals surface area contributed by atoms with Crippen molar-refractivity contribution in [1.82, 2.24) is 4.90 Å². The van der Waals surface area contributed by atoms with Crippen molar-refractivity contribution in [2.24, 2.45) is 23.7 Å². The Labute approximate surface area is 277 Å². The van der Waals surface area contributed by atoms with E-state index >= 15 is 0 Å². The molecule has 0 bridgehead atoms. The van der Waals surface area contributed by atoms with Crippen LogP contribution in [0.1, 0.15) is 48.3 Å². The van der Waals surface area contributed by atoms with Crippen molar-refractivity contribution < 1.29 is 38.9 Å². The first kappa shape index (κ1) is 31.3. The average Bonchev–Trinajstić information content (AvgIpc) is 3.34. The molecule has 0 spiro atoms. The number of imide groups is 1. The summed E-state index contributed by atoms with van der Waals surface area (Å²) in [5.41, 5.74) is 1.55. The van der Waals surface area contributed by atoms with Crippen LogP contribution in [0, 0.1) is 23.7 Å². The Morgan fingerprint density at radius 1 is 0.938 bits per heavy atom. The van der Waals surface area contributed by atoms with Crippen LogP contribution in [0.2, 0.25) is 0 Å². The predicted molar refractivity (Wildman–Crippen MR) is 175 cm³/mol. The Kier molecular flexibility index (Phi) is 7.86. The summed E-state index contributed by atoms with van der Waals surface area (Å²) in [4.78, 5) is 70.0. The number of fused-ring (bicyclic) bond motifs is 4. The summed E-state index contributed by atoms with van der Waals surface area (Å²) in [5.74, 6) is -5.67. The highest BCUT2D eigenvalue weighted by atomic mass is 16.5. The van der Waals surface area contributed by atoms with Gasteiger partial charge >= 0.3 is 5.97 Å². The Morgan fingerprint density at radius 3 is 2.31 bits per heavy atom. The quantitative estimate of drug-likeness (QED) is 0.255. The molecule has 9 nitrogen and oxygen atoms in total. The molecular formula is C39H35NO8. The van der Waals surface area contributed by atoms with Gasteiger partial charge in [-0.3, -0.25) is 28.9 Å². The molecule has 3 aromatic carbocycles. The van der Waals surface area contributed by atoms with Gasteiger partial charge in [-0.2, -0.15) is 0 Å². The Morgan fingerprint density at radius 2 is 1.65 bits per heavy atom. The number of likely N-dealkylation sites (tertiary alicyclic amines) is 1. The topological polar surface area (TPSA) is 138 Å². The number of allylic oxidation sites excluding steroid dienone is 4. The molecule has 2 N–H and O–H groups in total. The third kappa shape index (κ3) is 4.71. The summed E-state index contributed by atoms with van der Waals surface area (Å²) in [6.45, 7) is 0.00446. The third-order valence-corrected chi connectivity index (χ3v) is 10.8. The van der Waals surface area contributed by atoms with Crippen LogP contribution >= 0.6 is 0 Å². The number of hydrogen-bond acceptors (Lipinski definition) is 7. The smallest absolute Gasteiger partial charge is 0.303 e. The molecule has 0 unspecified atom stereocenters. The number of aliphatic carboxylic acids is 1. The van der Waals surface area contributed by atoms with E-state index in [4.69, 9.17) is 9.84 Å². The first-order valence-electron chi connectivity index (χ1n) is 16.2. The first-order chi connectivity index (χ1) is 23.2. The van der Waals surface area contributed by atoms with Crippen molar-refractivity contribution in [3.8, 4) is 11.5 Å². The van der Waals surface area contributed by atoms with Crippen LogP contribution in [0.4, 0.5) is 0 Å². The van der Waals surface area contributed by atoms with Crippen LogP contribution in [0.3, 0.4) is 0 Å². The number of hydrogen-bond donors (Lipinski definition) is 2. The van der Waals surface area contributed by atoms with Gasteiger partial charge in [0.15, 0.2) is 23.1 Å². The number of benzene rings is 3. The maximum Gasteiger partial charge on any atom is 0.303 e. The molecule has 9 heteroatoms. The fourth-order valence-electron chi connectivity index (χ4n) is 8.81. The number of carboxylic acid groups (broad SMARTS) is 1. The van der Waals surface area contributed by atoms with E-state index in [-0.39, 0.29) is 67.1 Å². The highest BCUT2D eigenvalue weighted by Gasteiger charge is 2.65. The van der Waals surface area contributed by atoms with Crippen molar-refractivity contribution in [1.29, 1.82) is 0 Å². The molecule has 2 amide bonds. The van der Waals surface area contributed by atoms with Crippen molar-refractivity contribution in [2.45, 2.75) is 37.0 Å². The molecule has 244 valence electrons. The van der Waals surface area contributed by atoms with Gasteiger partial charge in [-0.1, -0.05) is 78.4 Å². The van der Waals surface area contributed by atoms with E-state index < -0.39 is 41.0 Å². The van der Waals surface area contributed by atoms with Crippen LogP contribution in [0.5, 0.6) is 11.5 Å². The highest BCUT2D eigenvalue weighted by Crippen LogP contribution is 2.64. The maximum absolute atomic E-state index is 15.0.